The van der Waals surface area contributed by atoms with Gasteiger partial charge >= 0.3 is 0 Å². The molecule has 2 heteroatoms. The van der Waals surface area contributed by atoms with Crippen LogP contribution in [0.15, 0.2) is 0 Å². The minimum atomic E-state index is 0.214. The first-order valence-electron chi connectivity index (χ1n) is 4.92. The van der Waals surface area contributed by atoms with Gasteiger partial charge < -0.3 is 11.5 Å². The topological polar surface area (TPSA) is 52.0 Å². The summed E-state index contributed by atoms with van der Waals surface area (Å²) >= 11 is 0. The van der Waals surface area contributed by atoms with E-state index in [1.54, 1.807) is 0 Å². The van der Waals surface area contributed by atoms with E-state index in [1.165, 1.54) is 12.8 Å². The summed E-state index contributed by atoms with van der Waals surface area (Å²) in [4.78, 5) is 0. The molecule has 70 valence electrons. The van der Waals surface area contributed by atoms with Gasteiger partial charge in [-0.05, 0) is 29.6 Å². The monoisotopic (exact) mass is 168 g/mol. The lowest BCUT2D eigenvalue weighted by atomic mass is 9.69. The molecule has 0 spiro atoms. The van der Waals surface area contributed by atoms with Gasteiger partial charge in [-0.3, -0.25) is 0 Å². The van der Waals surface area contributed by atoms with E-state index in [2.05, 4.69) is 20.8 Å². The third-order valence-corrected chi connectivity index (χ3v) is 4.99. The molecular weight excluding hydrogens is 148 g/mol. The van der Waals surface area contributed by atoms with Gasteiger partial charge in [0.25, 0.3) is 0 Å². The second-order valence-corrected chi connectivity index (χ2v) is 5.39. The summed E-state index contributed by atoms with van der Waals surface area (Å²) in [7, 11) is 0. The first kappa shape index (κ1) is 8.52. The molecule has 2 aliphatic rings. The highest BCUT2D eigenvalue weighted by atomic mass is 14.9. The fourth-order valence-corrected chi connectivity index (χ4v) is 3.51. The van der Waals surface area contributed by atoms with Crippen LogP contribution in [-0.4, -0.2) is 12.1 Å². The summed E-state index contributed by atoms with van der Waals surface area (Å²) in [6.07, 6.45) is 2.54. The Morgan fingerprint density at radius 3 is 2.00 bits per heavy atom. The summed E-state index contributed by atoms with van der Waals surface area (Å²) in [5, 5.41) is 0. The molecular formula is C10H20N2. The van der Waals surface area contributed by atoms with E-state index in [9.17, 15) is 0 Å². The highest BCUT2D eigenvalue weighted by Crippen LogP contribution is 2.64. The highest BCUT2D eigenvalue weighted by molar-refractivity contribution is 5.17. The normalized spacial score (nSPS) is 56.2. The predicted octanol–water partition coefficient (Wildman–Crippen LogP) is 1.10. The SMILES string of the molecule is CC1(C)[C@@H]2CC[C@@]1(C)[C@@H](N)[C@@H]2N. The fraction of sp³-hybridized carbons (Fsp3) is 1.00. The van der Waals surface area contributed by atoms with E-state index in [4.69, 9.17) is 11.5 Å². The van der Waals surface area contributed by atoms with Gasteiger partial charge in [-0.25, -0.2) is 0 Å². The van der Waals surface area contributed by atoms with Gasteiger partial charge in [-0.2, -0.15) is 0 Å². The number of hydrogen-bond donors (Lipinski definition) is 2. The van der Waals surface area contributed by atoms with Crippen LogP contribution in [0.1, 0.15) is 33.6 Å². The molecule has 0 aromatic rings. The Kier molecular flexibility index (Phi) is 1.45. The number of hydrogen-bond acceptors (Lipinski definition) is 2. The van der Waals surface area contributed by atoms with Crippen molar-refractivity contribution in [3.05, 3.63) is 0 Å². The van der Waals surface area contributed by atoms with Crippen LogP contribution < -0.4 is 11.5 Å². The highest BCUT2D eigenvalue weighted by Gasteiger charge is 2.63. The van der Waals surface area contributed by atoms with Crippen molar-refractivity contribution in [2.24, 2.45) is 28.2 Å². The van der Waals surface area contributed by atoms with E-state index in [-0.39, 0.29) is 17.5 Å². The van der Waals surface area contributed by atoms with Crippen molar-refractivity contribution in [3.63, 3.8) is 0 Å². The molecule has 2 rings (SSSR count). The van der Waals surface area contributed by atoms with Gasteiger partial charge in [0.15, 0.2) is 0 Å². The van der Waals surface area contributed by atoms with E-state index in [0.717, 1.165) is 0 Å². The molecule has 4 atom stereocenters. The first-order chi connectivity index (χ1) is 5.41. The molecule has 2 fully saturated rings. The van der Waals surface area contributed by atoms with Crippen LogP contribution in [0.3, 0.4) is 0 Å². The molecule has 2 nitrogen and oxygen atoms in total. The summed E-state index contributed by atoms with van der Waals surface area (Å²) in [5.41, 5.74) is 12.9. The summed E-state index contributed by atoms with van der Waals surface area (Å²) in [6, 6.07) is 0.449. The zero-order valence-electron chi connectivity index (χ0n) is 8.30. The summed E-state index contributed by atoms with van der Waals surface area (Å²) < 4.78 is 0. The lowest BCUT2D eigenvalue weighted by Gasteiger charge is -2.37. The van der Waals surface area contributed by atoms with Crippen molar-refractivity contribution >= 4 is 0 Å². The Morgan fingerprint density at radius 1 is 1.17 bits per heavy atom. The van der Waals surface area contributed by atoms with Gasteiger partial charge in [0.05, 0.1) is 0 Å². The molecule has 12 heavy (non-hydrogen) atoms. The molecule has 0 unspecified atom stereocenters. The molecule has 0 heterocycles. The molecule has 0 aliphatic heterocycles. The van der Waals surface area contributed by atoms with E-state index in [0.29, 0.717) is 11.3 Å². The molecule has 0 saturated heterocycles. The second-order valence-electron chi connectivity index (χ2n) is 5.39. The lowest BCUT2D eigenvalue weighted by Crippen LogP contribution is -2.50. The van der Waals surface area contributed by atoms with Crippen molar-refractivity contribution in [2.45, 2.75) is 45.7 Å². The zero-order chi connectivity index (χ0) is 9.15. The predicted molar refractivity (Wildman–Crippen MR) is 50.6 cm³/mol. The zero-order valence-corrected chi connectivity index (χ0v) is 8.30. The van der Waals surface area contributed by atoms with Crippen LogP contribution in [0.25, 0.3) is 0 Å². The third-order valence-electron chi connectivity index (χ3n) is 4.99. The number of fused-ring (bicyclic) bond motifs is 2. The third kappa shape index (κ3) is 0.647. The Bertz CT molecular complexity index is 212. The van der Waals surface area contributed by atoms with Crippen LogP contribution >= 0.6 is 0 Å². The fourth-order valence-electron chi connectivity index (χ4n) is 3.51. The first-order valence-corrected chi connectivity index (χ1v) is 4.92. The van der Waals surface area contributed by atoms with Gasteiger partial charge in [-0.15, -0.1) is 0 Å². The summed E-state index contributed by atoms with van der Waals surface area (Å²) in [5.74, 6) is 0.650. The maximum Gasteiger partial charge on any atom is 0.0255 e. The molecule has 0 radical (unpaired) electrons. The molecule has 2 bridgehead atoms. The second kappa shape index (κ2) is 2.05. The van der Waals surface area contributed by atoms with Crippen molar-refractivity contribution in [2.75, 3.05) is 0 Å². The van der Waals surface area contributed by atoms with Gasteiger partial charge in [0, 0.05) is 12.1 Å². The van der Waals surface area contributed by atoms with Crippen LogP contribution in [0.4, 0.5) is 0 Å². The molecule has 0 amide bonds. The number of rotatable bonds is 0. The Balaban J connectivity index is 2.44. The van der Waals surface area contributed by atoms with Crippen LogP contribution in [-0.2, 0) is 0 Å². The van der Waals surface area contributed by atoms with Crippen LogP contribution in [0.5, 0.6) is 0 Å². The number of nitrogens with two attached hydrogens (primary N) is 2. The molecule has 4 N–H and O–H groups in total. The van der Waals surface area contributed by atoms with Crippen LogP contribution in [0, 0.1) is 16.7 Å². The van der Waals surface area contributed by atoms with Gasteiger partial charge in [0.2, 0.25) is 0 Å². The molecule has 2 saturated carbocycles. The molecule has 0 aromatic carbocycles. The average Bonchev–Trinajstić information content (AvgIpc) is 2.26. The van der Waals surface area contributed by atoms with Crippen molar-refractivity contribution < 1.29 is 0 Å². The Labute approximate surface area is 74.7 Å². The minimum absolute atomic E-state index is 0.214. The van der Waals surface area contributed by atoms with Crippen LogP contribution in [0.2, 0.25) is 0 Å². The van der Waals surface area contributed by atoms with E-state index in [1.807, 2.05) is 0 Å². The van der Waals surface area contributed by atoms with Gasteiger partial charge in [-0.1, -0.05) is 20.8 Å². The van der Waals surface area contributed by atoms with Gasteiger partial charge in [0.1, 0.15) is 0 Å². The quantitative estimate of drug-likeness (QED) is 0.569. The smallest absolute Gasteiger partial charge is 0.0255 e. The Morgan fingerprint density at radius 2 is 1.75 bits per heavy atom. The van der Waals surface area contributed by atoms with Crippen molar-refractivity contribution in [1.29, 1.82) is 0 Å². The Hall–Kier alpha value is -0.0800. The average molecular weight is 168 g/mol. The lowest BCUT2D eigenvalue weighted by molar-refractivity contribution is 0.136. The van der Waals surface area contributed by atoms with Crippen molar-refractivity contribution in [3.8, 4) is 0 Å². The molecule has 2 aliphatic carbocycles. The molecule has 0 aromatic heterocycles. The van der Waals surface area contributed by atoms with Crippen molar-refractivity contribution in [1.82, 2.24) is 0 Å². The standard InChI is InChI=1S/C10H20N2/c1-9(2)6-4-5-10(9,3)8(12)7(6)11/h6-8H,4-5,11-12H2,1-3H3/t6-,7-,8+,10+/m1/s1. The van der Waals surface area contributed by atoms with E-state index < -0.39 is 0 Å². The maximum atomic E-state index is 6.15. The van der Waals surface area contributed by atoms with E-state index >= 15 is 0 Å². The largest absolute Gasteiger partial charge is 0.326 e. The maximum absolute atomic E-state index is 6.15. The summed E-state index contributed by atoms with van der Waals surface area (Å²) in [6.45, 7) is 6.97. The minimum Gasteiger partial charge on any atom is -0.326 e.